The van der Waals surface area contributed by atoms with E-state index < -0.39 is 5.97 Å². The van der Waals surface area contributed by atoms with Gasteiger partial charge in [-0.2, -0.15) is 0 Å². The number of rotatable bonds is 4. The van der Waals surface area contributed by atoms with Crippen molar-refractivity contribution in [1.29, 1.82) is 0 Å². The summed E-state index contributed by atoms with van der Waals surface area (Å²) < 4.78 is 5.35. The Morgan fingerprint density at radius 2 is 2.09 bits per heavy atom. The van der Waals surface area contributed by atoms with Crippen molar-refractivity contribution in [2.75, 3.05) is 26.3 Å². The summed E-state index contributed by atoms with van der Waals surface area (Å²) in [7, 11) is 0. The van der Waals surface area contributed by atoms with Crippen LogP contribution in [0.2, 0.25) is 0 Å². The highest BCUT2D eigenvalue weighted by molar-refractivity contribution is 5.85. The van der Waals surface area contributed by atoms with E-state index in [0.717, 1.165) is 38.4 Å². The predicted octanol–water partition coefficient (Wildman–Crippen LogP) is 1.67. The zero-order valence-corrected chi connectivity index (χ0v) is 12.1. The van der Waals surface area contributed by atoms with Gasteiger partial charge >= 0.3 is 5.97 Å². The summed E-state index contributed by atoms with van der Waals surface area (Å²) in [5.74, 6) is -1.07. The van der Waals surface area contributed by atoms with Crippen LogP contribution in [0.15, 0.2) is 36.7 Å². The molecule has 114 valence electrons. The van der Waals surface area contributed by atoms with Gasteiger partial charge in [-0.1, -0.05) is 18.2 Å². The summed E-state index contributed by atoms with van der Waals surface area (Å²) in [6.45, 7) is 4.25. The van der Waals surface area contributed by atoms with Crippen LogP contribution in [-0.2, 0) is 11.3 Å². The zero-order valence-electron chi connectivity index (χ0n) is 12.1. The first-order valence-electron chi connectivity index (χ1n) is 7.17. The third-order valence-electron chi connectivity index (χ3n) is 3.59. The third kappa shape index (κ3) is 3.47. The largest absolute Gasteiger partial charge is 0.476 e. The summed E-state index contributed by atoms with van der Waals surface area (Å²) in [5.41, 5.74) is 2.57. The Morgan fingerprint density at radius 3 is 2.86 bits per heavy atom. The van der Waals surface area contributed by atoms with E-state index in [9.17, 15) is 4.79 Å². The maximum atomic E-state index is 11.0. The second-order valence-corrected chi connectivity index (χ2v) is 5.18. The van der Waals surface area contributed by atoms with Gasteiger partial charge in [0.1, 0.15) is 0 Å². The number of benzene rings is 1. The molecule has 0 atom stereocenters. The van der Waals surface area contributed by atoms with Crippen LogP contribution < -0.4 is 0 Å². The number of carboxylic acids is 1. The Bertz CT molecular complexity index is 669. The molecule has 0 saturated carbocycles. The van der Waals surface area contributed by atoms with Gasteiger partial charge in [-0.25, -0.2) is 9.78 Å². The summed E-state index contributed by atoms with van der Waals surface area (Å²) in [6, 6.07) is 7.97. The fraction of sp³-hybridized carbons (Fsp3) is 0.312. The highest BCUT2D eigenvalue weighted by Gasteiger charge is 2.12. The average Bonchev–Trinajstić information content (AvgIpc) is 2.56. The van der Waals surface area contributed by atoms with E-state index in [1.807, 2.05) is 18.2 Å². The molecule has 2 aromatic rings. The van der Waals surface area contributed by atoms with Crippen LogP contribution in [0.5, 0.6) is 0 Å². The van der Waals surface area contributed by atoms with Gasteiger partial charge in [0, 0.05) is 25.2 Å². The van der Waals surface area contributed by atoms with E-state index in [2.05, 4.69) is 20.9 Å². The lowest BCUT2D eigenvalue weighted by Crippen LogP contribution is -2.35. The molecular formula is C16H17N3O3. The average molecular weight is 299 g/mol. The lowest BCUT2D eigenvalue weighted by Gasteiger charge is -2.26. The molecule has 0 unspecified atom stereocenters. The van der Waals surface area contributed by atoms with Crippen LogP contribution >= 0.6 is 0 Å². The number of carbonyl (C=O) groups is 1. The predicted molar refractivity (Wildman–Crippen MR) is 80.5 cm³/mol. The van der Waals surface area contributed by atoms with E-state index in [-0.39, 0.29) is 5.69 Å². The van der Waals surface area contributed by atoms with Crippen molar-refractivity contribution in [3.8, 4) is 11.3 Å². The van der Waals surface area contributed by atoms with Crippen molar-refractivity contribution in [2.24, 2.45) is 0 Å². The number of carboxylic acid groups (broad SMARTS) is 1. The number of hydrogen-bond acceptors (Lipinski definition) is 5. The van der Waals surface area contributed by atoms with Gasteiger partial charge in [0.15, 0.2) is 5.69 Å². The number of ether oxygens (including phenoxy) is 1. The number of nitrogens with zero attached hydrogens (tertiary/aromatic N) is 3. The van der Waals surface area contributed by atoms with Crippen LogP contribution in [0, 0.1) is 0 Å². The molecule has 3 rings (SSSR count). The molecule has 1 N–H and O–H groups in total. The fourth-order valence-corrected chi connectivity index (χ4v) is 2.45. The minimum Gasteiger partial charge on any atom is -0.476 e. The van der Waals surface area contributed by atoms with E-state index >= 15 is 0 Å². The van der Waals surface area contributed by atoms with Gasteiger partial charge in [0.2, 0.25) is 0 Å². The van der Waals surface area contributed by atoms with Crippen molar-refractivity contribution in [3.05, 3.63) is 47.9 Å². The molecule has 22 heavy (non-hydrogen) atoms. The molecule has 0 bridgehead atoms. The summed E-state index contributed by atoms with van der Waals surface area (Å²) in [5, 5.41) is 9.01. The van der Waals surface area contributed by atoms with Crippen molar-refractivity contribution < 1.29 is 14.6 Å². The number of aromatic nitrogens is 2. The normalized spacial score (nSPS) is 15.6. The standard InChI is InChI=1S/C16H17N3O3/c20-16(21)15-10-17-9-14(18-15)13-3-1-2-12(8-13)11-19-4-6-22-7-5-19/h1-3,8-10H,4-7,11H2,(H,20,21). The second kappa shape index (κ2) is 6.64. The lowest BCUT2D eigenvalue weighted by atomic mass is 10.1. The van der Waals surface area contributed by atoms with Gasteiger partial charge < -0.3 is 9.84 Å². The summed E-state index contributed by atoms with van der Waals surface area (Å²) in [6.07, 6.45) is 2.84. The van der Waals surface area contributed by atoms with Crippen LogP contribution in [0.4, 0.5) is 0 Å². The Hall–Kier alpha value is -2.31. The van der Waals surface area contributed by atoms with Crippen LogP contribution in [0.25, 0.3) is 11.3 Å². The maximum absolute atomic E-state index is 11.0. The second-order valence-electron chi connectivity index (χ2n) is 5.18. The van der Waals surface area contributed by atoms with Gasteiger partial charge in [0.25, 0.3) is 0 Å². The number of hydrogen-bond donors (Lipinski definition) is 1. The van der Waals surface area contributed by atoms with Crippen molar-refractivity contribution in [1.82, 2.24) is 14.9 Å². The number of morpholine rings is 1. The van der Waals surface area contributed by atoms with Gasteiger partial charge in [-0.15, -0.1) is 0 Å². The fourth-order valence-electron chi connectivity index (χ4n) is 2.45. The van der Waals surface area contributed by atoms with Crippen molar-refractivity contribution >= 4 is 5.97 Å². The monoisotopic (exact) mass is 299 g/mol. The summed E-state index contributed by atoms with van der Waals surface area (Å²) >= 11 is 0. The Morgan fingerprint density at radius 1 is 1.27 bits per heavy atom. The smallest absolute Gasteiger partial charge is 0.356 e. The molecule has 1 saturated heterocycles. The van der Waals surface area contributed by atoms with Crippen LogP contribution in [-0.4, -0.2) is 52.2 Å². The van der Waals surface area contributed by atoms with Crippen molar-refractivity contribution in [3.63, 3.8) is 0 Å². The first-order chi connectivity index (χ1) is 10.7. The third-order valence-corrected chi connectivity index (χ3v) is 3.59. The van der Waals surface area contributed by atoms with E-state index in [1.54, 1.807) is 6.20 Å². The minimum atomic E-state index is -1.07. The molecule has 1 aromatic heterocycles. The first kappa shape index (κ1) is 14.6. The van der Waals surface area contributed by atoms with Gasteiger partial charge in [0.05, 0.1) is 31.3 Å². The zero-order chi connectivity index (χ0) is 15.4. The molecule has 6 heteroatoms. The Balaban J connectivity index is 1.81. The molecule has 1 aromatic carbocycles. The van der Waals surface area contributed by atoms with Gasteiger partial charge in [-0.05, 0) is 11.6 Å². The lowest BCUT2D eigenvalue weighted by molar-refractivity contribution is 0.0342. The van der Waals surface area contributed by atoms with Crippen LogP contribution in [0.3, 0.4) is 0 Å². The number of aromatic carboxylic acids is 1. The Kier molecular flexibility index (Phi) is 4.41. The Labute approximate surface area is 128 Å². The SMILES string of the molecule is O=C(O)c1cncc(-c2cccc(CN3CCOCC3)c2)n1. The van der Waals surface area contributed by atoms with Crippen LogP contribution in [0.1, 0.15) is 16.1 Å². The summed E-state index contributed by atoms with van der Waals surface area (Å²) in [4.78, 5) is 21.4. The molecule has 0 radical (unpaired) electrons. The molecule has 2 heterocycles. The van der Waals surface area contributed by atoms with Crippen molar-refractivity contribution in [2.45, 2.75) is 6.54 Å². The molecular weight excluding hydrogens is 282 g/mol. The molecule has 1 fully saturated rings. The molecule has 1 aliphatic heterocycles. The van der Waals surface area contributed by atoms with Gasteiger partial charge in [-0.3, -0.25) is 9.88 Å². The molecule has 1 aliphatic rings. The van der Waals surface area contributed by atoms with E-state index in [4.69, 9.17) is 9.84 Å². The molecule has 0 aliphatic carbocycles. The first-order valence-corrected chi connectivity index (χ1v) is 7.17. The molecule has 0 spiro atoms. The highest BCUT2D eigenvalue weighted by atomic mass is 16.5. The molecule has 6 nitrogen and oxygen atoms in total. The highest BCUT2D eigenvalue weighted by Crippen LogP contribution is 2.19. The van der Waals surface area contributed by atoms with E-state index in [1.165, 1.54) is 11.8 Å². The topological polar surface area (TPSA) is 75.5 Å². The molecule has 0 amide bonds. The maximum Gasteiger partial charge on any atom is 0.356 e. The van der Waals surface area contributed by atoms with E-state index in [0.29, 0.717) is 5.69 Å². The minimum absolute atomic E-state index is 0.0453. The quantitative estimate of drug-likeness (QED) is 0.925.